The van der Waals surface area contributed by atoms with Crippen LogP contribution in [0.4, 0.5) is 0 Å². The van der Waals surface area contributed by atoms with Crippen LogP contribution in [-0.4, -0.2) is 43.0 Å². The molecule has 0 bridgehead atoms. The monoisotopic (exact) mass is 199 g/mol. The summed E-state index contributed by atoms with van der Waals surface area (Å²) in [5.41, 5.74) is 5.75. The first-order chi connectivity index (χ1) is 6.72. The van der Waals surface area contributed by atoms with Gasteiger partial charge in [0, 0.05) is 25.7 Å². The number of unbranched alkanes of at least 4 members (excludes halogenated alkanes) is 1. The van der Waals surface area contributed by atoms with Gasteiger partial charge in [0.05, 0.1) is 6.54 Å². The predicted octanol–water partition coefficient (Wildman–Crippen LogP) is -0.0643. The molecule has 0 aromatic rings. The van der Waals surface area contributed by atoms with Crippen molar-refractivity contribution in [3.63, 3.8) is 0 Å². The van der Waals surface area contributed by atoms with Crippen LogP contribution in [0.15, 0.2) is 0 Å². The molecule has 0 aromatic carbocycles. The van der Waals surface area contributed by atoms with Crippen LogP contribution in [-0.2, 0) is 4.79 Å². The molecule has 1 heterocycles. The van der Waals surface area contributed by atoms with Gasteiger partial charge in [-0.15, -0.1) is 0 Å². The summed E-state index contributed by atoms with van der Waals surface area (Å²) in [4.78, 5) is 13.5. The molecule has 0 radical (unpaired) electrons. The molecule has 1 saturated heterocycles. The average Bonchev–Trinajstić information content (AvgIpc) is 2.52. The zero-order valence-corrected chi connectivity index (χ0v) is 8.96. The maximum atomic E-state index is 11.4. The highest BCUT2D eigenvalue weighted by Gasteiger charge is 2.20. The minimum atomic E-state index is 0.132. The molecule has 0 aliphatic carbocycles. The highest BCUT2D eigenvalue weighted by Crippen LogP contribution is 2.05. The largest absolute Gasteiger partial charge is 0.355 e. The molecule has 1 amide bonds. The molecule has 1 rings (SSSR count). The van der Waals surface area contributed by atoms with Gasteiger partial charge in [-0.25, -0.2) is 0 Å². The summed E-state index contributed by atoms with van der Waals surface area (Å²) in [5, 5.41) is 2.90. The summed E-state index contributed by atoms with van der Waals surface area (Å²) in [6.07, 6.45) is 3.20. The first kappa shape index (κ1) is 11.5. The van der Waals surface area contributed by atoms with E-state index in [9.17, 15) is 4.79 Å². The topological polar surface area (TPSA) is 58.4 Å². The van der Waals surface area contributed by atoms with E-state index < -0.39 is 0 Å². The number of nitrogens with one attached hydrogen (secondary N) is 1. The van der Waals surface area contributed by atoms with Crippen LogP contribution in [0.3, 0.4) is 0 Å². The smallest absolute Gasteiger partial charge is 0.234 e. The Kier molecular flexibility index (Phi) is 4.90. The third-order valence-electron chi connectivity index (χ3n) is 2.53. The van der Waals surface area contributed by atoms with Gasteiger partial charge in [-0.3, -0.25) is 9.69 Å². The highest BCUT2D eigenvalue weighted by atomic mass is 16.2. The molecule has 0 unspecified atom stereocenters. The second-order valence-electron chi connectivity index (χ2n) is 3.99. The van der Waals surface area contributed by atoms with Crippen molar-refractivity contribution in [3.8, 4) is 0 Å². The van der Waals surface area contributed by atoms with Crippen LogP contribution in [0.1, 0.15) is 26.2 Å². The van der Waals surface area contributed by atoms with Crippen LogP contribution >= 0.6 is 0 Å². The second kappa shape index (κ2) is 5.98. The van der Waals surface area contributed by atoms with E-state index in [1.807, 2.05) is 0 Å². The van der Waals surface area contributed by atoms with Crippen molar-refractivity contribution in [3.05, 3.63) is 0 Å². The molecular weight excluding hydrogens is 178 g/mol. The lowest BCUT2D eigenvalue weighted by Gasteiger charge is -2.14. The van der Waals surface area contributed by atoms with Gasteiger partial charge in [-0.1, -0.05) is 13.3 Å². The number of amides is 1. The summed E-state index contributed by atoms with van der Waals surface area (Å²) < 4.78 is 0. The second-order valence-corrected chi connectivity index (χ2v) is 3.99. The van der Waals surface area contributed by atoms with E-state index >= 15 is 0 Å². The van der Waals surface area contributed by atoms with E-state index in [0.717, 1.165) is 38.9 Å². The molecule has 1 aliphatic rings. The van der Waals surface area contributed by atoms with Crippen LogP contribution < -0.4 is 11.1 Å². The Bertz CT molecular complexity index is 184. The third kappa shape index (κ3) is 4.07. The number of nitrogens with two attached hydrogens (primary N) is 1. The molecule has 4 heteroatoms. The zero-order chi connectivity index (χ0) is 10.4. The first-order valence-electron chi connectivity index (χ1n) is 5.47. The number of rotatable bonds is 5. The van der Waals surface area contributed by atoms with Crippen molar-refractivity contribution in [2.24, 2.45) is 5.73 Å². The lowest BCUT2D eigenvalue weighted by atomic mass is 10.3. The van der Waals surface area contributed by atoms with Crippen molar-refractivity contribution in [1.82, 2.24) is 10.2 Å². The Morgan fingerprint density at radius 2 is 2.43 bits per heavy atom. The van der Waals surface area contributed by atoms with Gasteiger partial charge in [-0.05, 0) is 12.8 Å². The number of nitrogens with zero attached hydrogens (tertiary/aromatic N) is 1. The SMILES string of the molecule is CCCCNC(=O)CN1CC[C@H](N)C1. The third-order valence-corrected chi connectivity index (χ3v) is 2.53. The first-order valence-corrected chi connectivity index (χ1v) is 5.47. The van der Waals surface area contributed by atoms with E-state index in [0.29, 0.717) is 6.54 Å². The maximum Gasteiger partial charge on any atom is 0.234 e. The molecule has 14 heavy (non-hydrogen) atoms. The Labute approximate surface area is 85.8 Å². The minimum absolute atomic E-state index is 0.132. The van der Waals surface area contributed by atoms with E-state index in [1.165, 1.54) is 0 Å². The van der Waals surface area contributed by atoms with Gasteiger partial charge in [0.2, 0.25) is 5.91 Å². The predicted molar refractivity (Wildman–Crippen MR) is 57.0 cm³/mol. The van der Waals surface area contributed by atoms with Crippen LogP contribution in [0.2, 0.25) is 0 Å². The summed E-state index contributed by atoms with van der Waals surface area (Å²) in [7, 11) is 0. The standard InChI is InChI=1S/C10H21N3O/c1-2-3-5-12-10(14)8-13-6-4-9(11)7-13/h9H,2-8,11H2,1H3,(H,12,14)/t9-/m0/s1. The van der Waals surface area contributed by atoms with E-state index in [4.69, 9.17) is 5.73 Å². The van der Waals surface area contributed by atoms with Gasteiger partial charge < -0.3 is 11.1 Å². The minimum Gasteiger partial charge on any atom is -0.355 e. The molecule has 3 N–H and O–H groups in total. The normalized spacial score (nSPS) is 22.6. The van der Waals surface area contributed by atoms with Crippen molar-refractivity contribution >= 4 is 5.91 Å². The number of hydrogen-bond donors (Lipinski definition) is 2. The van der Waals surface area contributed by atoms with Crippen molar-refractivity contribution in [1.29, 1.82) is 0 Å². The summed E-state index contributed by atoms with van der Waals surface area (Å²) in [5.74, 6) is 0.132. The summed E-state index contributed by atoms with van der Waals surface area (Å²) in [6.45, 7) is 5.25. The Morgan fingerprint density at radius 1 is 1.64 bits per heavy atom. The van der Waals surface area contributed by atoms with Crippen molar-refractivity contribution in [2.75, 3.05) is 26.2 Å². The molecule has 4 nitrogen and oxygen atoms in total. The Hall–Kier alpha value is -0.610. The van der Waals surface area contributed by atoms with Crippen molar-refractivity contribution in [2.45, 2.75) is 32.2 Å². The molecule has 0 aromatic heterocycles. The molecule has 1 aliphatic heterocycles. The molecule has 0 saturated carbocycles. The average molecular weight is 199 g/mol. The van der Waals surface area contributed by atoms with E-state index in [-0.39, 0.29) is 11.9 Å². The zero-order valence-electron chi connectivity index (χ0n) is 8.96. The lowest BCUT2D eigenvalue weighted by Crippen LogP contribution is -2.37. The van der Waals surface area contributed by atoms with Crippen LogP contribution in [0, 0.1) is 0 Å². The number of hydrogen-bond acceptors (Lipinski definition) is 3. The quantitative estimate of drug-likeness (QED) is 0.610. The Balaban J connectivity index is 2.08. The van der Waals surface area contributed by atoms with Gasteiger partial charge in [0.1, 0.15) is 0 Å². The fourth-order valence-corrected chi connectivity index (χ4v) is 1.67. The Morgan fingerprint density at radius 3 is 3.00 bits per heavy atom. The maximum absolute atomic E-state index is 11.4. The van der Waals surface area contributed by atoms with Gasteiger partial charge >= 0.3 is 0 Å². The summed E-state index contributed by atoms with van der Waals surface area (Å²) >= 11 is 0. The van der Waals surface area contributed by atoms with E-state index in [2.05, 4.69) is 17.1 Å². The van der Waals surface area contributed by atoms with Gasteiger partial charge in [0.25, 0.3) is 0 Å². The number of likely N-dealkylation sites (tertiary alicyclic amines) is 1. The van der Waals surface area contributed by atoms with Gasteiger partial charge in [-0.2, -0.15) is 0 Å². The molecule has 1 atom stereocenters. The van der Waals surface area contributed by atoms with E-state index in [1.54, 1.807) is 0 Å². The summed E-state index contributed by atoms with van der Waals surface area (Å²) in [6, 6.07) is 0.262. The molecule has 0 spiro atoms. The molecule has 1 fully saturated rings. The van der Waals surface area contributed by atoms with Crippen molar-refractivity contribution < 1.29 is 4.79 Å². The number of carbonyl (C=O) groups excluding carboxylic acids is 1. The number of carbonyl (C=O) groups is 1. The molecular formula is C10H21N3O. The van der Waals surface area contributed by atoms with Crippen LogP contribution in [0.5, 0.6) is 0 Å². The van der Waals surface area contributed by atoms with Crippen LogP contribution in [0.25, 0.3) is 0 Å². The lowest BCUT2D eigenvalue weighted by molar-refractivity contribution is -0.122. The highest BCUT2D eigenvalue weighted by molar-refractivity contribution is 5.78. The fourth-order valence-electron chi connectivity index (χ4n) is 1.67. The van der Waals surface area contributed by atoms with Gasteiger partial charge in [0.15, 0.2) is 0 Å². The fraction of sp³-hybridized carbons (Fsp3) is 0.900. The molecule has 82 valence electrons.